The monoisotopic (exact) mass is 438 g/mol. The smallest absolute Gasteiger partial charge is 0.195 e. The molecule has 0 saturated carbocycles. The molecule has 0 saturated heterocycles. The van der Waals surface area contributed by atoms with Gasteiger partial charge in [0, 0.05) is 6.61 Å². The van der Waals surface area contributed by atoms with E-state index in [0.29, 0.717) is 36.4 Å². The van der Waals surface area contributed by atoms with Crippen molar-refractivity contribution in [2.75, 3.05) is 13.2 Å². The van der Waals surface area contributed by atoms with Crippen molar-refractivity contribution in [2.45, 2.75) is 128 Å². The Morgan fingerprint density at radius 3 is 1.20 bits per heavy atom. The molecular weight excluding hydrogens is 379 g/mol. The first kappa shape index (κ1) is 37.1. The predicted molar refractivity (Wildman–Crippen MR) is 133 cm³/mol. The summed E-state index contributed by atoms with van der Waals surface area (Å²) in [5, 5.41) is 17.4. The van der Waals surface area contributed by atoms with E-state index in [9.17, 15) is 9.50 Å². The van der Waals surface area contributed by atoms with Crippen molar-refractivity contribution in [2.24, 2.45) is 29.1 Å². The van der Waals surface area contributed by atoms with E-state index in [1.807, 2.05) is 41.5 Å². The normalized spacial score (nSPS) is 12.7. The van der Waals surface area contributed by atoms with Gasteiger partial charge in [0.2, 0.25) is 0 Å². The first-order valence-corrected chi connectivity index (χ1v) is 11.8. The molecule has 0 fully saturated rings. The fraction of sp³-hybridized carbons (Fsp3) is 1.00. The minimum Gasteiger partial charge on any atom is -0.396 e. The lowest BCUT2D eigenvalue weighted by molar-refractivity contribution is -0.0358. The second kappa shape index (κ2) is 20.7. The number of ether oxygens (including phenoxy) is 1. The summed E-state index contributed by atoms with van der Waals surface area (Å²) in [4.78, 5) is 0. The minimum atomic E-state index is -1.11. The highest BCUT2D eigenvalue weighted by molar-refractivity contribution is 4.65. The van der Waals surface area contributed by atoms with Crippen LogP contribution in [0.1, 0.15) is 116 Å². The Labute approximate surface area is 190 Å². The van der Waals surface area contributed by atoms with Gasteiger partial charge in [-0.15, -0.1) is 0 Å². The molecule has 1 atom stereocenters. The zero-order chi connectivity index (χ0) is 25.1. The summed E-state index contributed by atoms with van der Waals surface area (Å²) in [6.45, 7) is 29.6. The van der Waals surface area contributed by atoms with Crippen molar-refractivity contribution >= 4 is 0 Å². The van der Waals surface area contributed by atoms with Gasteiger partial charge in [-0.1, -0.05) is 76.2 Å². The molecule has 0 bridgehead atoms. The van der Waals surface area contributed by atoms with Crippen molar-refractivity contribution < 1.29 is 19.3 Å². The van der Waals surface area contributed by atoms with Crippen LogP contribution in [-0.4, -0.2) is 35.4 Å². The molecule has 0 rings (SSSR count). The van der Waals surface area contributed by atoms with Gasteiger partial charge >= 0.3 is 0 Å². The van der Waals surface area contributed by atoms with Crippen LogP contribution in [0.25, 0.3) is 0 Å². The van der Waals surface area contributed by atoms with Crippen molar-refractivity contribution in [3.05, 3.63) is 0 Å². The molecule has 0 spiro atoms. The summed E-state index contributed by atoms with van der Waals surface area (Å²) >= 11 is 0. The molecule has 0 aliphatic rings. The molecule has 2 N–H and O–H groups in total. The van der Waals surface area contributed by atoms with E-state index < -0.39 is 12.0 Å². The molecule has 0 amide bonds. The zero-order valence-electron chi connectivity index (χ0n) is 23.1. The Kier molecular flexibility index (Phi) is 25.6. The highest BCUT2D eigenvalue weighted by Crippen LogP contribution is 2.23. The number of hydrogen-bond donors (Lipinski definition) is 2. The van der Waals surface area contributed by atoms with Gasteiger partial charge in [-0.05, 0) is 69.1 Å². The topological polar surface area (TPSA) is 49.7 Å². The zero-order valence-corrected chi connectivity index (χ0v) is 23.1. The van der Waals surface area contributed by atoms with Crippen LogP contribution in [0.4, 0.5) is 4.39 Å². The van der Waals surface area contributed by atoms with Gasteiger partial charge in [-0.2, -0.15) is 0 Å². The van der Waals surface area contributed by atoms with Gasteiger partial charge in [0.25, 0.3) is 0 Å². The fourth-order valence-electron chi connectivity index (χ4n) is 2.19. The van der Waals surface area contributed by atoms with E-state index in [2.05, 4.69) is 53.2 Å². The molecule has 0 heterocycles. The predicted octanol–water partition coefficient (Wildman–Crippen LogP) is 7.88. The Morgan fingerprint density at radius 2 is 1.13 bits per heavy atom. The molecule has 1 unspecified atom stereocenters. The van der Waals surface area contributed by atoms with Crippen LogP contribution in [0.2, 0.25) is 0 Å². The summed E-state index contributed by atoms with van der Waals surface area (Å²) in [5.41, 5.74) is 0.0540. The molecule has 3 nitrogen and oxygen atoms in total. The average Bonchev–Trinajstić information content (AvgIpc) is 2.49. The first-order chi connectivity index (χ1) is 13.2. The highest BCUT2D eigenvalue weighted by Gasteiger charge is 2.12. The van der Waals surface area contributed by atoms with Crippen LogP contribution in [0, 0.1) is 29.1 Å². The number of aliphatic hydroxyl groups excluding tert-OH is 1. The number of aliphatic hydroxyl groups is 2. The summed E-state index contributed by atoms with van der Waals surface area (Å²) < 4.78 is 16.5. The number of rotatable bonds is 8. The third-order valence-electron chi connectivity index (χ3n) is 3.38. The van der Waals surface area contributed by atoms with Crippen molar-refractivity contribution in [1.82, 2.24) is 0 Å². The van der Waals surface area contributed by atoms with Crippen LogP contribution in [0.15, 0.2) is 0 Å². The molecule has 0 aliphatic carbocycles. The molecular formula is C26H59FO3. The molecule has 0 radical (unpaired) electrons. The molecule has 4 heteroatoms. The summed E-state index contributed by atoms with van der Waals surface area (Å²) in [5.74, 6) is 2.41. The SMILES string of the molecule is CC(C)CC(C)(C)C.CC(C)CCC(C)(C)O.CC(C)CO.CC(C)COC(C)F. The van der Waals surface area contributed by atoms with Crippen molar-refractivity contribution in [1.29, 1.82) is 0 Å². The van der Waals surface area contributed by atoms with Crippen LogP contribution in [-0.2, 0) is 4.74 Å². The second-order valence-corrected chi connectivity index (χ2v) is 11.8. The highest BCUT2D eigenvalue weighted by atomic mass is 19.1. The lowest BCUT2D eigenvalue weighted by Gasteiger charge is -2.19. The Morgan fingerprint density at radius 1 is 0.733 bits per heavy atom. The number of halogens is 1. The average molecular weight is 439 g/mol. The quantitative estimate of drug-likeness (QED) is 0.405. The van der Waals surface area contributed by atoms with E-state index >= 15 is 0 Å². The van der Waals surface area contributed by atoms with Gasteiger partial charge in [0.05, 0.1) is 12.2 Å². The van der Waals surface area contributed by atoms with Gasteiger partial charge in [0.15, 0.2) is 6.36 Å². The number of alkyl halides is 1. The third-order valence-corrected chi connectivity index (χ3v) is 3.38. The van der Waals surface area contributed by atoms with Crippen LogP contribution < -0.4 is 0 Å². The van der Waals surface area contributed by atoms with E-state index in [0.717, 1.165) is 18.8 Å². The Bertz CT molecular complexity index is 316. The number of hydrogen-bond acceptors (Lipinski definition) is 3. The van der Waals surface area contributed by atoms with Crippen LogP contribution >= 0.6 is 0 Å². The summed E-state index contributed by atoms with van der Waals surface area (Å²) in [7, 11) is 0. The molecule has 0 aromatic rings. The molecule has 0 aromatic heterocycles. The summed E-state index contributed by atoms with van der Waals surface area (Å²) in [6, 6.07) is 0. The maximum atomic E-state index is 11.8. The summed E-state index contributed by atoms with van der Waals surface area (Å²) in [6.07, 6.45) is 2.23. The van der Waals surface area contributed by atoms with Gasteiger partial charge in [-0.3, -0.25) is 0 Å². The van der Waals surface area contributed by atoms with Crippen LogP contribution in [0.3, 0.4) is 0 Å². The van der Waals surface area contributed by atoms with Crippen molar-refractivity contribution in [3.8, 4) is 0 Å². The van der Waals surface area contributed by atoms with E-state index in [-0.39, 0.29) is 0 Å². The van der Waals surface area contributed by atoms with E-state index in [1.165, 1.54) is 13.3 Å². The van der Waals surface area contributed by atoms with Crippen LogP contribution in [0.5, 0.6) is 0 Å². The second-order valence-electron chi connectivity index (χ2n) is 11.8. The molecule has 30 heavy (non-hydrogen) atoms. The minimum absolute atomic E-state index is 0.306. The Hall–Kier alpha value is -0.190. The third kappa shape index (κ3) is 63.0. The van der Waals surface area contributed by atoms with E-state index in [1.54, 1.807) is 0 Å². The fourth-order valence-corrected chi connectivity index (χ4v) is 2.19. The largest absolute Gasteiger partial charge is 0.396 e. The van der Waals surface area contributed by atoms with Gasteiger partial charge < -0.3 is 14.9 Å². The van der Waals surface area contributed by atoms with Gasteiger partial charge in [0.1, 0.15) is 0 Å². The Balaban J connectivity index is -0.000000153. The molecule has 0 aromatic carbocycles. The lowest BCUT2D eigenvalue weighted by Crippen LogP contribution is -2.18. The van der Waals surface area contributed by atoms with E-state index in [4.69, 9.17) is 5.11 Å². The maximum Gasteiger partial charge on any atom is 0.195 e. The van der Waals surface area contributed by atoms with Gasteiger partial charge in [-0.25, -0.2) is 4.39 Å². The maximum absolute atomic E-state index is 11.8. The first-order valence-electron chi connectivity index (χ1n) is 11.8. The van der Waals surface area contributed by atoms with Crippen molar-refractivity contribution in [3.63, 3.8) is 0 Å². The standard InChI is InChI=1S/C8H18O.C8H18.C6H13FO.C4H10O/c1-7(2)5-6-8(3,4)9;1-7(2)6-8(3,4)5;1-5(2)4-8-6(3)7;1-4(2)3-5/h7,9H,5-6H2,1-4H3;7H,6H2,1-5H3;5-6H,4H2,1-3H3;4-5H,3H2,1-2H3. The lowest BCUT2D eigenvalue weighted by atomic mass is 9.86. The molecule has 0 aliphatic heterocycles. The molecule has 188 valence electrons.